The fraction of sp³-hybridized carbons (Fsp3) is 0.940. The summed E-state index contributed by atoms with van der Waals surface area (Å²) < 4.78 is 16.8. The minimum Gasteiger partial charge on any atom is -0.462 e. The van der Waals surface area contributed by atoms with Crippen molar-refractivity contribution in [2.45, 2.75) is 272 Å². The Morgan fingerprint density at radius 1 is 0.304 bits per heavy atom. The van der Waals surface area contributed by atoms with Gasteiger partial charge in [0, 0.05) is 19.3 Å². The van der Waals surface area contributed by atoms with Crippen molar-refractivity contribution in [1.29, 1.82) is 0 Å². The topological polar surface area (TPSA) is 78.9 Å². The van der Waals surface area contributed by atoms with Crippen LogP contribution in [0, 0.1) is 17.8 Å². The summed E-state index contributed by atoms with van der Waals surface area (Å²) in [4.78, 5) is 37.8. The SMILES string of the molecule is CC(C)CCCCCCCCCCCCCCC(=O)OC[C@H](COC(=O)CCCCCCCCC(C)C)OC(=O)CCCCCCCCCCCCCC(C)C. The Morgan fingerprint density at radius 3 is 0.768 bits per heavy atom. The predicted molar refractivity (Wildman–Crippen MR) is 238 cm³/mol. The normalized spacial score (nSPS) is 12.2. The highest BCUT2D eigenvalue weighted by atomic mass is 16.6. The first-order valence-electron chi connectivity index (χ1n) is 24.6. The zero-order chi connectivity index (χ0) is 41.3. The zero-order valence-corrected chi connectivity index (χ0v) is 38.4. The highest BCUT2D eigenvalue weighted by Crippen LogP contribution is 2.17. The van der Waals surface area contributed by atoms with Gasteiger partial charge in [0.1, 0.15) is 13.2 Å². The number of unbranched alkanes of at least 4 members (excludes halogenated alkanes) is 26. The lowest BCUT2D eigenvalue weighted by Crippen LogP contribution is -2.30. The standard InChI is InChI=1S/C50H96O6/c1-44(2)36-30-24-18-14-10-7-8-12-16-20-27-33-39-48(51)54-42-47(43-55-49(52)40-34-28-23-22-26-32-38-46(5)6)56-50(53)41-35-29-21-17-13-9-11-15-19-25-31-37-45(3)4/h44-47H,7-43H2,1-6H3/t47-/m1/s1. The van der Waals surface area contributed by atoms with Crippen LogP contribution in [0.25, 0.3) is 0 Å². The Hall–Kier alpha value is -1.59. The summed E-state index contributed by atoms with van der Waals surface area (Å²) in [6.45, 7) is 13.6. The van der Waals surface area contributed by atoms with Crippen molar-refractivity contribution in [3.05, 3.63) is 0 Å². The van der Waals surface area contributed by atoms with Gasteiger partial charge in [-0.1, -0.05) is 228 Å². The van der Waals surface area contributed by atoms with Crippen LogP contribution >= 0.6 is 0 Å². The molecule has 0 aliphatic rings. The first-order chi connectivity index (χ1) is 27.1. The van der Waals surface area contributed by atoms with E-state index in [1.165, 1.54) is 148 Å². The molecule has 0 fully saturated rings. The van der Waals surface area contributed by atoms with Crippen LogP contribution in [0.4, 0.5) is 0 Å². The van der Waals surface area contributed by atoms with Gasteiger partial charge < -0.3 is 14.2 Å². The number of rotatable bonds is 43. The minimum absolute atomic E-state index is 0.0658. The van der Waals surface area contributed by atoms with Crippen LogP contribution < -0.4 is 0 Å². The van der Waals surface area contributed by atoms with E-state index in [1.54, 1.807) is 0 Å². The monoisotopic (exact) mass is 793 g/mol. The summed E-state index contributed by atoms with van der Waals surface area (Å²) in [5.74, 6) is 1.56. The van der Waals surface area contributed by atoms with Gasteiger partial charge >= 0.3 is 17.9 Å². The number of carbonyl (C=O) groups is 3. The summed E-state index contributed by atoms with van der Waals surface area (Å²) in [5, 5.41) is 0. The highest BCUT2D eigenvalue weighted by molar-refractivity contribution is 5.71. The maximum Gasteiger partial charge on any atom is 0.306 e. The van der Waals surface area contributed by atoms with Crippen molar-refractivity contribution in [3.63, 3.8) is 0 Å². The molecule has 0 aliphatic heterocycles. The molecule has 6 nitrogen and oxygen atoms in total. The Balaban J connectivity index is 4.30. The first-order valence-corrected chi connectivity index (χ1v) is 24.6. The van der Waals surface area contributed by atoms with Gasteiger partial charge in [-0.3, -0.25) is 14.4 Å². The number of esters is 3. The van der Waals surface area contributed by atoms with Crippen LogP contribution in [0.15, 0.2) is 0 Å². The molecule has 0 saturated heterocycles. The quantitative estimate of drug-likeness (QED) is 0.0348. The molecule has 0 bridgehead atoms. The molecule has 0 radical (unpaired) electrons. The van der Waals surface area contributed by atoms with Crippen LogP contribution in [-0.2, 0) is 28.6 Å². The van der Waals surface area contributed by atoms with E-state index >= 15 is 0 Å². The lowest BCUT2D eigenvalue weighted by molar-refractivity contribution is -0.167. The van der Waals surface area contributed by atoms with Gasteiger partial charge in [0.15, 0.2) is 6.10 Å². The van der Waals surface area contributed by atoms with E-state index in [0.29, 0.717) is 19.3 Å². The molecule has 0 aromatic rings. The minimum atomic E-state index is -0.762. The first kappa shape index (κ1) is 54.4. The molecule has 0 spiro atoms. The maximum absolute atomic E-state index is 12.7. The van der Waals surface area contributed by atoms with E-state index in [2.05, 4.69) is 41.5 Å². The molecular weight excluding hydrogens is 697 g/mol. The van der Waals surface area contributed by atoms with Gasteiger partial charge in [0.05, 0.1) is 0 Å². The molecule has 0 unspecified atom stereocenters. The number of hydrogen-bond donors (Lipinski definition) is 0. The molecule has 6 heteroatoms. The van der Waals surface area contributed by atoms with E-state index in [1.807, 2.05) is 0 Å². The molecule has 0 aromatic heterocycles. The van der Waals surface area contributed by atoms with E-state index in [0.717, 1.165) is 75.5 Å². The summed E-state index contributed by atoms with van der Waals surface area (Å²) in [7, 11) is 0. The Morgan fingerprint density at radius 2 is 0.518 bits per heavy atom. The molecule has 0 rings (SSSR count). The molecular formula is C50H96O6. The van der Waals surface area contributed by atoms with Crippen LogP contribution in [-0.4, -0.2) is 37.2 Å². The van der Waals surface area contributed by atoms with Gasteiger partial charge in [-0.2, -0.15) is 0 Å². The van der Waals surface area contributed by atoms with Gasteiger partial charge in [-0.15, -0.1) is 0 Å². The lowest BCUT2D eigenvalue weighted by atomic mass is 10.0. The molecule has 0 heterocycles. The summed E-state index contributed by atoms with van der Waals surface area (Å²) >= 11 is 0. The smallest absolute Gasteiger partial charge is 0.306 e. The second kappa shape index (κ2) is 41.6. The fourth-order valence-electron chi connectivity index (χ4n) is 7.41. The Labute approximate surface area is 348 Å². The fourth-order valence-corrected chi connectivity index (χ4v) is 7.41. The molecule has 0 amide bonds. The highest BCUT2D eigenvalue weighted by Gasteiger charge is 2.19. The van der Waals surface area contributed by atoms with Crippen molar-refractivity contribution < 1.29 is 28.6 Å². The molecule has 0 aromatic carbocycles. The number of ether oxygens (including phenoxy) is 3. The van der Waals surface area contributed by atoms with E-state index in [9.17, 15) is 14.4 Å². The molecule has 332 valence electrons. The van der Waals surface area contributed by atoms with Crippen molar-refractivity contribution >= 4 is 17.9 Å². The van der Waals surface area contributed by atoms with Crippen molar-refractivity contribution in [1.82, 2.24) is 0 Å². The van der Waals surface area contributed by atoms with E-state index in [4.69, 9.17) is 14.2 Å². The predicted octanol–water partition coefficient (Wildman–Crippen LogP) is 15.6. The van der Waals surface area contributed by atoms with Gasteiger partial charge in [0.25, 0.3) is 0 Å². The zero-order valence-electron chi connectivity index (χ0n) is 38.4. The second-order valence-electron chi connectivity index (χ2n) is 18.5. The third-order valence-corrected chi connectivity index (χ3v) is 11.1. The van der Waals surface area contributed by atoms with Crippen LogP contribution in [0.1, 0.15) is 266 Å². The molecule has 0 saturated carbocycles. The van der Waals surface area contributed by atoms with Gasteiger partial charge in [-0.05, 0) is 37.0 Å². The summed E-state index contributed by atoms with van der Waals surface area (Å²) in [6.07, 6.45) is 39.6. The third kappa shape index (κ3) is 43.5. The number of hydrogen-bond acceptors (Lipinski definition) is 6. The molecule has 0 aliphatic carbocycles. The van der Waals surface area contributed by atoms with Gasteiger partial charge in [0.2, 0.25) is 0 Å². The largest absolute Gasteiger partial charge is 0.462 e. The van der Waals surface area contributed by atoms with Crippen LogP contribution in [0.3, 0.4) is 0 Å². The van der Waals surface area contributed by atoms with Crippen LogP contribution in [0.2, 0.25) is 0 Å². The summed E-state index contributed by atoms with van der Waals surface area (Å²) in [6, 6.07) is 0. The third-order valence-electron chi connectivity index (χ3n) is 11.1. The number of carbonyl (C=O) groups excluding carboxylic acids is 3. The summed E-state index contributed by atoms with van der Waals surface area (Å²) in [5.41, 5.74) is 0. The second-order valence-corrected chi connectivity index (χ2v) is 18.5. The Bertz CT molecular complexity index is 868. The van der Waals surface area contributed by atoms with Crippen LogP contribution in [0.5, 0.6) is 0 Å². The van der Waals surface area contributed by atoms with Gasteiger partial charge in [-0.25, -0.2) is 0 Å². The Kier molecular flexibility index (Phi) is 40.4. The average Bonchev–Trinajstić information content (AvgIpc) is 3.15. The van der Waals surface area contributed by atoms with Crippen molar-refractivity contribution in [2.24, 2.45) is 17.8 Å². The van der Waals surface area contributed by atoms with Crippen molar-refractivity contribution in [2.75, 3.05) is 13.2 Å². The average molecular weight is 793 g/mol. The molecule has 0 N–H and O–H groups in total. The van der Waals surface area contributed by atoms with E-state index in [-0.39, 0.29) is 31.1 Å². The molecule has 1 atom stereocenters. The van der Waals surface area contributed by atoms with Crippen molar-refractivity contribution in [3.8, 4) is 0 Å². The van der Waals surface area contributed by atoms with E-state index < -0.39 is 6.10 Å². The maximum atomic E-state index is 12.7. The lowest BCUT2D eigenvalue weighted by Gasteiger charge is -2.18. The molecule has 56 heavy (non-hydrogen) atoms.